The molecule has 1 saturated carbocycles. The monoisotopic (exact) mass is 346 g/mol. The van der Waals surface area contributed by atoms with Crippen molar-refractivity contribution >= 4 is 11.0 Å². The number of fused-ring (bicyclic) bond motifs is 1. The van der Waals surface area contributed by atoms with Crippen LogP contribution < -0.4 is 0 Å². The lowest BCUT2D eigenvalue weighted by Gasteiger charge is -2.47. The number of piperidine rings is 1. The minimum atomic E-state index is -0.525. The van der Waals surface area contributed by atoms with Crippen LogP contribution in [0.15, 0.2) is 22.7 Å². The van der Waals surface area contributed by atoms with E-state index >= 15 is 0 Å². The smallest absolute Gasteiger partial charge is 0.170 e. The van der Waals surface area contributed by atoms with Gasteiger partial charge in [0.2, 0.25) is 0 Å². The molecule has 136 valence electrons. The molecule has 1 aromatic carbocycles. The van der Waals surface area contributed by atoms with Crippen molar-refractivity contribution in [1.29, 1.82) is 0 Å². The van der Waals surface area contributed by atoms with Gasteiger partial charge in [0.15, 0.2) is 5.58 Å². The third kappa shape index (κ3) is 3.08. The molecule has 4 nitrogen and oxygen atoms in total. The Hall–Kier alpha value is -1.46. The summed E-state index contributed by atoms with van der Waals surface area (Å²) >= 11 is 0. The molecular formula is C20H27FN2O2. The van der Waals surface area contributed by atoms with Crippen molar-refractivity contribution in [1.82, 2.24) is 10.1 Å². The number of rotatable bonds is 3. The van der Waals surface area contributed by atoms with Crippen molar-refractivity contribution in [2.75, 3.05) is 13.1 Å². The predicted molar refractivity (Wildman–Crippen MR) is 95.0 cm³/mol. The lowest BCUT2D eigenvalue weighted by atomic mass is 9.76. The number of hydrogen-bond donors (Lipinski definition) is 1. The Morgan fingerprint density at radius 3 is 2.84 bits per heavy atom. The van der Waals surface area contributed by atoms with E-state index in [1.54, 1.807) is 6.07 Å². The van der Waals surface area contributed by atoms with Gasteiger partial charge >= 0.3 is 0 Å². The van der Waals surface area contributed by atoms with E-state index in [1.165, 1.54) is 18.6 Å². The van der Waals surface area contributed by atoms with Gasteiger partial charge in [-0.1, -0.05) is 24.9 Å². The minimum absolute atomic E-state index is 0.287. The molecule has 1 aliphatic heterocycles. The second kappa shape index (κ2) is 6.69. The number of nitrogens with zero attached hydrogens (tertiary/aromatic N) is 2. The second-order valence-electron chi connectivity index (χ2n) is 7.74. The number of aliphatic hydroxyl groups is 1. The van der Waals surface area contributed by atoms with Crippen LogP contribution in [0.1, 0.15) is 63.5 Å². The highest BCUT2D eigenvalue weighted by Gasteiger charge is 2.41. The SMILES string of the molecule is CCC1(O)CCCCC1N1CCC(c2noc3cc(F)ccc23)CC1. The zero-order valence-electron chi connectivity index (χ0n) is 14.9. The summed E-state index contributed by atoms with van der Waals surface area (Å²) in [5.74, 6) is 0.0578. The molecule has 2 unspecified atom stereocenters. The number of halogens is 1. The van der Waals surface area contributed by atoms with Gasteiger partial charge < -0.3 is 9.63 Å². The van der Waals surface area contributed by atoms with E-state index in [9.17, 15) is 9.50 Å². The van der Waals surface area contributed by atoms with Crippen molar-refractivity contribution < 1.29 is 14.0 Å². The Bertz CT molecular complexity index is 738. The molecule has 0 amide bonds. The van der Waals surface area contributed by atoms with Crippen LogP contribution in [-0.2, 0) is 0 Å². The summed E-state index contributed by atoms with van der Waals surface area (Å²) < 4.78 is 18.7. The fraction of sp³-hybridized carbons (Fsp3) is 0.650. The van der Waals surface area contributed by atoms with E-state index in [-0.39, 0.29) is 11.9 Å². The minimum Gasteiger partial charge on any atom is -0.388 e. The first-order chi connectivity index (χ1) is 12.1. The molecule has 1 aromatic heterocycles. The first-order valence-electron chi connectivity index (χ1n) is 9.62. The molecule has 0 bridgehead atoms. The fourth-order valence-corrected chi connectivity index (χ4v) is 4.85. The summed E-state index contributed by atoms with van der Waals surface area (Å²) in [6.07, 6.45) is 7.22. The Morgan fingerprint density at radius 2 is 2.08 bits per heavy atom. The molecule has 2 fully saturated rings. The van der Waals surface area contributed by atoms with Crippen molar-refractivity contribution in [2.45, 2.75) is 69.4 Å². The highest BCUT2D eigenvalue weighted by molar-refractivity contribution is 5.79. The van der Waals surface area contributed by atoms with Crippen molar-refractivity contribution in [3.8, 4) is 0 Å². The van der Waals surface area contributed by atoms with E-state index in [0.29, 0.717) is 11.5 Å². The van der Waals surface area contributed by atoms with Gasteiger partial charge in [-0.25, -0.2) is 4.39 Å². The Kier molecular flexibility index (Phi) is 4.54. The highest BCUT2D eigenvalue weighted by atomic mass is 19.1. The summed E-state index contributed by atoms with van der Waals surface area (Å²) in [5.41, 5.74) is 0.970. The topological polar surface area (TPSA) is 49.5 Å². The van der Waals surface area contributed by atoms with Crippen LogP contribution in [0, 0.1) is 5.82 Å². The summed E-state index contributed by atoms with van der Waals surface area (Å²) in [5, 5.41) is 16.2. The average molecular weight is 346 g/mol. The molecule has 0 spiro atoms. The van der Waals surface area contributed by atoms with Crippen molar-refractivity contribution in [2.24, 2.45) is 0 Å². The second-order valence-corrected chi connectivity index (χ2v) is 7.74. The Labute approximate surface area is 148 Å². The molecule has 4 rings (SSSR count). The maximum Gasteiger partial charge on any atom is 0.170 e. The van der Waals surface area contributed by atoms with Gasteiger partial charge in [0.05, 0.1) is 11.3 Å². The van der Waals surface area contributed by atoms with Gasteiger partial charge in [-0.15, -0.1) is 0 Å². The average Bonchev–Trinajstić information content (AvgIpc) is 3.05. The number of aromatic nitrogens is 1. The standard InChI is InChI=1S/C20H27FN2O2/c1-2-20(24)10-4-3-5-18(20)23-11-8-14(9-12-23)19-16-7-6-15(21)13-17(16)25-22-19/h6-7,13-14,18,24H,2-5,8-12H2,1H3. The first-order valence-corrected chi connectivity index (χ1v) is 9.62. The number of likely N-dealkylation sites (tertiary alicyclic amines) is 1. The summed E-state index contributed by atoms with van der Waals surface area (Å²) in [7, 11) is 0. The Morgan fingerprint density at radius 1 is 1.28 bits per heavy atom. The van der Waals surface area contributed by atoms with E-state index in [0.717, 1.165) is 62.7 Å². The molecule has 1 saturated heterocycles. The lowest BCUT2D eigenvalue weighted by Crippen LogP contribution is -2.56. The summed E-state index contributed by atoms with van der Waals surface area (Å²) in [4.78, 5) is 2.49. The molecule has 25 heavy (non-hydrogen) atoms. The molecule has 5 heteroatoms. The molecular weight excluding hydrogens is 319 g/mol. The largest absolute Gasteiger partial charge is 0.388 e. The summed E-state index contributed by atoms with van der Waals surface area (Å²) in [6, 6.07) is 4.95. The zero-order valence-corrected chi connectivity index (χ0v) is 14.9. The third-order valence-electron chi connectivity index (χ3n) is 6.39. The highest BCUT2D eigenvalue weighted by Crippen LogP contribution is 2.39. The van der Waals surface area contributed by atoms with Crippen LogP contribution in [0.3, 0.4) is 0 Å². The van der Waals surface area contributed by atoms with Crippen molar-refractivity contribution in [3.05, 3.63) is 29.7 Å². The fourth-order valence-electron chi connectivity index (χ4n) is 4.85. The number of hydrogen-bond acceptors (Lipinski definition) is 4. The van der Waals surface area contributed by atoms with Gasteiger partial charge in [-0.05, 0) is 57.3 Å². The zero-order chi connectivity index (χ0) is 17.4. The van der Waals surface area contributed by atoms with Gasteiger partial charge in [0.1, 0.15) is 5.82 Å². The molecule has 2 atom stereocenters. The lowest BCUT2D eigenvalue weighted by molar-refractivity contribution is -0.0817. The van der Waals surface area contributed by atoms with Gasteiger partial charge in [0, 0.05) is 23.4 Å². The Balaban J connectivity index is 1.47. The van der Waals surface area contributed by atoms with Crippen LogP contribution in [-0.4, -0.2) is 39.9 Å². The van der Waals surface area contributed by atoms with Crippen LogP contribution >= 0.6 is 0 Å². The molecule has 0 radical (unpaired) electrons. The van der Waals surface area contributed by atoms with E-state index in [2.05, 4.69) is 17.0 Å². The maximum absolute atomic E-state index is 13.3. The van der Waals surface area contributed by atoms with Crippen LogP contribution in [0.25, 0.3) is 11.0 Å². The van der Waals surface area contributed by atoms with Crippen LogP contribution in [0.4, 0.5) is 4.39 Å². The van der Waals surface area contributed by atoms with Gasteiger partial charge in [-0.3, -0.25) is 4.90 Å². The predicted octanol–water partition coefficient (Wildman–Crippen LogP) is 4.23. The molecule has 2 aromatic rings. The molecule has 2 aliphatic rings. The molecule has 1 aliphatic carbocycles. The van der Waals surface area contributed by atoms with Crippen molar-refractivity contribution in [3.63, 3.8) is 0 Å². The molecule has 1 N–H and O–H groups in total. The van der Waals surface area contributed by atoms with Gasteiger partial charge in [0.25, 0.3) is 0 Å². The molecule has 2 heterocycles. The van der Waals surface area contributed by atoms with E-state index in [4.69, 9.17) is 4.52 Å². The maximum atomic E-state index is 13.3. The quantitative estimate of drug-likeness (QED) is 0.903. The van der Waals surface area contributed by atoms with E-state index < -0.39 is 5.60 Å². The number of benzene rings is 1. The first kappa shape index (κ1) is 17.0. The van der Waals surface area contributed by atoms with Gasteiger partial charge in [-0.2, -0.15) is 0 Å². The van der Waals surface area contributed by atoms with Crippen LogP contribution in [0.5, 0.6) is 0 Å². The van der Waals surface area contributed by atoms with Crippen LogP contribution in [0.2, 0.25) is 0 Å². The van der Waals surface area contributed by atoms with E-state index in [1.807, 2.05) is 0 Å². The third-order valence-corrected chi connectivity index (χ3v) is 6.39. The normalized spacial score (nSPS) is 29.3. The summed E-state index contributed by atoms with van der Waals surface area (Å²) in [6.45, 7) is 4.06.